The first-order valence-electron chi connectivity index (χ1n) is 7.95. The Morgan fingerprint density at radius 2 is 2.15 bits per heavy atom. The molecule has 8 nitrogen and oxygen atoms in total. The van der Waals surface area contributed by atoms with Gasteiger partial charge >= 0.3 is 5.97 Å². The summed E-state index contributed by atoms with van der Waals surface area (Å²) in [5.74, 6) is -0.802. The van der Waals surface area contributed by atoms with E-state index in [0.29, 0.717) is 5.82 Å². The molecule has 0 radical (unpaired) electrons. The molecular weight excluding hydrogens is 356 g/mol. The first kappa shape index (κ1) is 18.0. The number of aromatic nitrogens is 2. The maximum absolute atomic E-state index is 12.1. The van der Waals surface area contributed by atoms with Crippen molar-refractivity contribution in [3.63, 3.8) is 0 Å². The Kier molecular flexibility index (Phi) is 5.27. The molecule has 9 heteroatoms. The number of para-hydroxylation sites is 1. The van der Waals surface area contributed by atoms with Crippen molar-refractivity contribution in [2.24, 2.45) is 7.05 Å². The van der Waals surface area contributed by atoms with Gasteiger partial charge in [-0.3, -0.25) is 19.1 Å². The number of ether oxygens (including phenoxy) is 1. The van der Waals surface area contributed by atoms with Gasteiger partial charge in [0, 0.05) is 18.0 Å². The summed E-state index contributed by atoms with van der Waals surface area (Å²) >= 11 is 1.31. The van der Waals surface area contributed by atoms with Crippen LogP contribution >= 0.6 is 11.8 Å². The summed E-state index contributed by atoms with van der Waals surface area (Å²) in [4.78, 5) is 36.8. The van der Waals surface area contributed by atoms with Crippen LogP contribution in [0.4, 0.5) is 11.5 Å². The summed E-state index contributed by atoms with van der Waals surface area (Å²) in [5, 5.41) is 8.90. The third-order valence-corrected chi connectivity index (χ3v) is 4.97. The molecule has 0 aliphatic carbocycles. The summed E-state index contributed by atoms with van der Waals surface area (Å²) in [6.45, 7) is 1.39. The van der Waals surface area contributed by atoms with E-state index >= 15 is 0 Å². The van der Waals surface area contributed by atoms with E-state index < -0.39 is 23.7 Å². The van der Waals surface area contributed by atoms with Crippen molar-refractivity contribution in [3.05, 3.63) is 36.0 Å². The lowest BCUT2D eigenvalue weighted by Gasteiger charge is -2.23. The van der Waals surface area contributed by atoms with Gasteiger partial charge in [0.15, 0.2) is 6.61 Å². The number of hydrogen-bond acceptors (Lipinski definition) is 6. The zero-order valence-corrected chi connectivity index (χ0v) is 15.1. The third kappa shape index (κ3) is 4.23. The number of aryl methyl sites for hydroxylation is 2. The number of fused-ring (bicyclic) bond motifs is 1. The fourth-order valence-electron chi connectivity index (χ4n) is 2.49. The predicted molar refractivity (Wildman–Crippen MR) is 96.9 cm³/mol. The second-order valence-electron chi connectivity index (χ2n) is 5.80. The number of anilines is 2. The van der Waals surface area contributed by atoms with Gasteiger partial charge < -0.3 is 15.4 Å². The van der Waals surface area contributed by atoms with Crippen molar-refractivity contribution in [2.45, 2.75) is 23.5 Å². The Morgan fingerprint density at radius 1 is 1.38 bits per heavy atom. The van der Waals surface area contributed by atoms with Gasteiger partial charge in [-0.1, -0.05) is 12.1 Å². The number of carbonyl (C=O) groups is 3. The largest absolute Gasteiger partial charge is 0.456 e. The van der Waals surface area contributed by atoms with Gasteiger partial charge in [-0.2, -0.15) is 5.10 Å². The molecule has 1 aliphatic heterocycles. The minimum Gasteiger partial charge on any atom is -0.456 e. The number of hydrogen-bond donors (Lipinski definition) is 2. The van der Waals surface area contributed by atoms with Gasteiger partial charge in [0.25, 0.3) is 5.91 Å². The van der Waals surface area contributed by atoms with Crippen LogP contribution in [0.3, 0.4) is 0 Å². The molecule has 2 amide bonds. The maximum atomic E-state index is 12.1. The average Bonchev–Trinajstić information content (AvgIpc) is 2.91. The average molecular weight is 374 g/mol. The normalized spacial score (nSPS) is 15.8. The Balaban J connectivity index is 1.49. The SMILES string of the molecule is Cc1cc(NC(=O)COC(=O)CC2Sc3ccccc3NC2=O)n(C)n1. The topological polar surface area (TPSA) is 102 Å². The second kappa shape index (κ2) is 7.61. The summed E-state index contributed by atoms with van der Waals surface area (Å²) in [5.41, 5.74) is 1.50. The summed E-state index contributed by atoms with van der Waals surface area (Å²) in [6, 6.07) is 9.08. The van der Waals surface area contributed by atoms with E-state index in [2.05, 4.69) is 15.7 Å². The lowest BCUT2D eigenvalue weighted by atomic mass is 10.2. The van der Waals surface area contributed by atoms with Gasteiger partial charge in [-0.05, 0) is 19.1 Å². The molecule has 1 aliphatic rings. The highest BCUT2D eigenvalue weighted by Gasteiger charge is 2.29. The lowest BCUT2D eigenvalue weighted by molar-refractivity contribution is -0.147. The highest BCUT2D eigenvalue weighted by atomic mass is 32.2. The molecule has 2 aromatic rings. The van der Waals surface area contributed by atoms with Crippen LogP contribution in [0.25, 0.3) is 0 Å². The molecule has 1 atom stereocenters. The number of carbonyl (C=O) groups excluding carboxylic acids is 3. The Morgan fingerprint density at radius 3 is 2.88 bits per heavy atom. The quantitative estimate of drug-likeness (QED) is 0.773. The zero-order chi connectivity index (χ0) is 18.7. The smallest absolute Gasteiger partial charge is 0.307 e. The number of rotatable bonds is 5. The standard InChI is InChI=1S/C17H18N4O4S/c1-10-7-14(21(2)20-10)19-15(22)9-25-16(23)8-13-17(24)18-11-5-3-4-6-12(11)26-13/h3-7,13H,8-9H2,1-2H3,(H,18,24)(H,19,22). The third-order valence-electron chi connectivity index (χ3n) is 3.69. The van der Waals surface area contributed by atoms with E-state index in [0.717, 1.165) is 16.3 Å². The molecule has 26 heavy (non-hydrogen) atoms. The van der Waals surface area contributed by atoms with Crippen LogP contribution in [0.5, 0.6) is 0 Å². The number of esters is 1. The fraction of sp³-hybridized carbons (Fsp3) is 0.294. The molecule has 2 N–H and O–H groups in total. The van der Waals surface area contributed by atoms with Crippen molar-refractivity contribution in [2.75, 3.05) is 17.2 Å². The van der Waals surface area contributed by atoms with E-state index in [1.165, 1.54) is 16.4 Å². The number of nitrogens with one attached hydrogen (secondary N) is 2. The molecule has 0 fully saturated rings. The van der Waals surface area contributed by atoms with Gasteiger partial charge in [0.1, 0.15) is 5.82 Å². The van der Waals surface area contributed by atoms with Crippen molar-refractivity contribution in [3.8, 4) is 0 Å². The van der Waals surface area contributed by atoms with Crippen molar-refractivity contribution in [1.29, 1.82) is 0 Å². The first-order valence-corrected chi connectivity index (χ1v) is 8.83. The van der Waals surface area contributed by atoms with Crippen LogP contribution in [0, 0.1) is 6.92 Å². The number of thioether (sulfide) groups is 1. The van der Waals surface area contributed by atoms with Gasteiger partial charge in [0.05, 0.1) is 23.1 Å². The van der Waals surface area contributed by atoms with E-state index in [-0.39, 0.29) is 12.3 Å². The molecule has 1 unspecified atom stereocenters. The minimum atomic E-state index is -0.603. The van der Waals surface area contributed by atoms with Crippen LogP contribution < -0.4 is 10.6 Å². The van der Waals surface area contributed by atoms with E-state index in [1.807, 2.05) is 18.2 Å². The first-order chi connectivity index (χ1) is 12.4. The van der Waals surface area contributed by atoms with Crippen LogP contribution in [0.1, 0.15) is 12.1 Å². The van der Waals surface area contributed by atoms with E-state index in [4.69, 9.17) is 4.74 Å². The summed E-state index contributed by atoms with van der Waals surface area (Å²) in [6.07, 6.45) is -0.108. The number of benzene rings is 1. The van der Waals surface area contributed by atoms with Crippen LogP contribution in [-0.2, 0) is 26.2 Å². The van der Waals surface area contributed by atoms with Gasteiger partial charge in [-0.25, -0.2) is 0 Å². The number of amides is 2. The zero-order valence-electron chi connectivity index (χ0n) is 14.3. The van der Waals surface area contributed by atoms with Crippen LogP contribution in [0.15, 0.2) is 35.2 Å². The van der Waals surface area contributed by atoms with Gasteiger partial charge in [0.2, 0.25) is 5.91 Å². The Bertz CT molecular complexity index is 864. The lowest BCUT2D eigenvalue weighted by Crippen LogP contribution is -2.32. The predicted octanol–water partition coefficient (Wildman–Crippen LogP) is 1.71. The molecule has 0 saturated heterocycles. The monoisotopic (exact) mass is 374 g/mol. The molecular formula is C17H18N4O4S. The second-order valence-corrected chi connectivity index (χ2v) is 7.04. The fourth-order valence-corrected chi connectivity index (χ4v) is 3.58. The Labute approximate surface area is 154 Å². The molecule has 2 heterocycles. The Hall–Kier alpha value is -2.81. The number of nitrogens with zero attached hydrogens (tertiary/aromatic N) is 2. The van der Waals surface area contributed by atoms with Gasteiger partial charge in [-0.15, -0.1) is 11.8 Å². The van der Waals surface area contributed by atoms with Crippen molar-refractivity contribution in [1.82, 2.24) is 9.78 Å². The highest BCUT2D eigenvalue weighted by molar-refractivity contribution is 8.01. The molecule has 136 valence electrons. The molecule has 0 saturated carbocycles. The maximum Gasteiger partial charge on any atom is 0.307 e. The molecule has 1 aromatic heterocycles. The highest BCUT2D eigenvalue weighted by Crippen LogP contribution is 2.36. The molecule has 0 bridgehead atoms. The van der Waals surface area contributed by atoms with E-state index in [1.54, 1.807) is 26.1 Å². The molecule has 1 aromatic carbocycles. The van der Waals surface area contributed by atoms with Crippen LogP contribution in [-0.4, -0.2) is 39.4 Å². The van der Waals surface area contributed by atoms with E-state index in [9.17, 15) is 14.4 Å². The summed E-state index contributed by atoms with van der Waals surface area (Å²) < 4.78 is 6.51. The van der Waals surface area contributed by atoms with Crippen molar-refractivity contribution < 1.29 is 19.1 Å². The summed E-state index contributed by atoms with van der Waals surface area (Å²) in [7, 11) is 1.70. The molecule has 3 rings (SSSR count). The van der Waals surface area contributed by atoms with Crippen molar-refractivity contribution >= 4 is 41.1 Å². The minimum absolute atomic E-state index is 0.108. The van der Waals surface area contributed by atoms with Crippen LogP contribution in [0.2, 0.25) is 0 Å². The molecule has 0 spiro atoms.